The van der Waals surface area contributed by atoms with Crippen LogP contribution in [0.15, 0.2) is 0 Å². The molecule has 0 spiro atoms. The maximum Gasteiger partial charge on any atom is 3.00 e. The zero-order valence-electron chi connectivity index (χ0n) is 20.7. The second-order valence-corrected chi connectivity index (χ2v) is 7.70. The van der Waals surface area contributed by atoms with E-state index in [9.17, 15) is 29.7 Å². The SMILES string of the molecule is CCCCC(CC)C(=O)[O-].CCCCC(CC)C(=O)[O-].CCCCC(CC)C(=O)[O-].[Ti+3]. The van der Waals surface area contributed by atoms with Crippen molar-refractivity contribution >= 4 is 17.9 Å². The van der Waals surface area contributed by atoms with E-state index in [1.807, 2.05) is 20.8 Å². The smallest absolute Gasteiger partial charge is 0.550 e. The Morgan fingerprint density at radius 1 is 0.516 bits per heavy atom. The van der Waals surface area contributed by atoms with Crippen LogP contribution in [0.2, 0.25) is 0 Å². The number of carbonyl (C=O) groups excluding carboxylic acids is 3. The first-order valence-electron chi connectivity index (χ1n) is 11.8. The Morgan fingerprint density at radius 3 is 0.806 bits per heavy atom. The summed E-state index contributed by atoms with van der Waals surface area (Å²) in [4.78, 5) is 31.0. The third kappa shape index (κ3) is 25.3. The molecule has 7 heteroatoms. The summed E-state index contributed by atoms with van der Waals surface area (Å²) in [6.45, 7) is 11.8. The molecular weight excluding hydrogens is 432 g/mol. The van der Waals surface area contributed by atoms with E-state index in [1.165, 1.54) is 0 Å². The first kappa shape index (κ1) is 37.4. The van der Waals surface area contributed by atoms with Gasteiger partial charge in [-0.1, -0.05) is 80.1 Å². The van der Waals surface area contributed by atoms with Crippen LogP contribution < -0.4 is 15.3 Å². The minimum atomic E-state index is -0.893. The minimum Gasteiger partial charge on any atom is -0.550 e. The third-order valence-electron chi connectivity index (χ3n) is 5.20. The minimum absolute atomic E-state index is 0. The molecule has 0 bridgehead atoms. The van der Waals surface area contributed by atoms with E-state index in [0.717, 1.165) is 57.8 Å². The number of carboxylic acid groups (broad SMARTS) is 3. The molecule has 0 aliphatic heterocycles. The maximum atomic E-state index is 10.3. The van der Waals surface area contributed by atoms with Crippen molar-refractivity contribution in [1.82, 2.24) is 0 Å². The van der Waals surface area contributed by atoms with Gasteiger partial charge in [0.05, 0.1) is 0 Å². The zero-order chi connectivity index (χ0) is 23.9. The predicted octanol–water partition coefficient (Wildman–Crippen LogP) is 2.86. The Morgan fingerprint density at radius 2 is 0.710 bits per heavy atom. The third-order valence-corrected chi connectivity index (χ3v) is 5.20. The molecule has 0 amide bonds. The monoisotopic (exact) mass is 477 g/mol. The average molecular weight is 477 g/mol. The molecule has 0 heterocycles. The summed E-state index contributed by atoms with van der Waals surface area (Å²) in [7, 11) is 0. The molecule has 0 aromatic carbocycles. The molecular formula is C24H45O6Ti. The zero-order valence-corrected chi connectivity index (χ0v) is 22.2. The van der Waals surface area contributed by atoms with Crippen molar-refractivity contribution in [3.05, 3.63) is 0 Å². The molecule has 181 valence electrons. The van der Waals surface area contributed by atoms with E-state index in [-0.39, 0.29) is 39.5 Å². The standard InChI is InChI=1S/3C8H16O2.Ti/c3*1-3-5-6-7(4-2)8(9)10;/h3*7H,3-6H2,1-2H3,(H,9,10);/q;;;+3/p-3. The van der Waals surface area contributed by atoms with Gasteiger partial charge in [-0.3, -0.25) is 0 Å². The van der Waals surface area contributed by atoms with Crippen molar-refractivity contribution in [2.75, 3.05) is 0 Å². The number of carbonyl (C=O) groups is 3. The summed E-state index contributed by atoms with van der Waals surface area (Å²) in [5.41, 5.74) is 0. The molecule has 0 saturated heterocycles. The van der Waals surface area contributed by atoms with E-state index in [0.29, 0.717) is 19.3 Å². The Labute approximate surface area is 205 Å². The molecule has 0 fully saturated rings. The molecule has 1 radical (unpaired) electrons. The summed E-state index contributed by atoms with van der Waals surface area (Å²) in [6.07, 6.45) is 10.6. The molecule has 31 heavy (non-hydrogen) atoms. The van der Waals surface area contributed by atoms with E-state index in [2.05, 4.69) is 20.8 Å². The number of carboxylic acids is 3. The Balaban J connectivity index is -0.000000174. The Bertz CT molecular complexity index is 366. The van der Waals surface area contributed by atoms with Gasteiger partial charge in [0.2, 0.25) is 0 Å². The molecule has 0 aromatic heterocycles. The first-order valence-corrected chi connectivity index (χ1v) is 11.8. The Hall–Kier alpha value is -0.876. The molecule has 3 unspecified atom stereocenters. The van der Waals surface area contributed by atoms with Crippen LogP contribution in [0.3, 0.4) is 0 Å². The molecule has 0 N–H and O–H groups in total. The van der Waals surface area contributed by atoms with Crippen LogP contribution in [0, 0.1) is 17.8 Å². The molecule has 0 aromatic rings. The van der Waals surface area contributed by atoms with Crippen LogP contribution in [0.1, 0.15) is 119 Å². The van der Waals surface area contributed by atoms with Crippen LogP contribution in [0.25, 0.3) is 0 Å². The second kappa shape index (κ2) is 27.2. The van der Waals surface area contributed by atoms with Crippen molar-refractivity contribution in [3.63, 3.8) is 0 Å². The number of aliphatic carboxylic acids is 3. The van der Waals surface area contributed by atoms with Crippen molar-refractivity contribution in [1.29, 1.82) is 0 Å². The van der Waals surface area contributed by atoms with Crippen molar-refractivity contribution in [2.24, 2.45) is 17.8 Å². The largest absolute Gasteiger partial charge is 3.00 e. The quantitative estimate of drug-likeness (QED) is 0.335. The van der Waals surface area contributed by atoms with Crippen molar-refractivity contribution in [3.8, 4) is 0 Å². The van der Waals surface area contributed by atoms with Gasteiger partial charge in [0.15, 0.2) is 0 Å². The van der Waals surface area contributed by atoms with Gasteiger partial charge in [0.25, 0.3) is 0 Å². The maximum absolute atomic E-state index is 10.3. The fraction of sp³-hybridized carbons (Fsp3) is 0.875. The van der Waals surface area contributed by atoms with Crippen molar-refractivity contribution < 1.29 is 51.4 Å². The summed E-state index contributed by atoms with van der Waals surface area (Å²) >= 11 is 0. The van der Waals surface area contributed by atoms with Gasteiger partial charge in [-0.2, -0.15) is 0 Å². The number of hydrogen-bond acceptors (Lipinski definition) is 6. The molecule has 0 saturated carbocycles. The van der Waals surface area contributed by atoms with Gasteiger partial charge in [-0.25, -0.2) is 0 Å². The van der Waals surface area contributed by atoms with E-state index >= 15 is 0 Å². The number of hydrogen-bond donors (Lipinski definition) is 0. The summed E-state index contributed by atoms with van der Waals surface area (Å²) < 4.78 is 0. The topological polar surface area (TPSA) is 120 Å². The molecule has 0 aliphatic carbocycles. The summed E-state index contributed by atoms with van der Waals surface area (Å²) in [5.74, 6) is -3.34. The normalized spacial score (nSPS) is 12.6. The average Bonchev–Trinajstić information content (AvgIpc) is 2.70. The molecule has 6 nitrogen and oxygen atoms in total. The van der Waals surface area contributed by atoms with E-state index in [1.54, 1.807) is 0 Å². The molecule has 0 rings (SSSR count). The van der Waals surface area contributed by atoms with Gasteiger partial charge in [-0.05, 0) is 56.3 Å². The van der Waals surface area contributed by atoms with Gasteiger partial charge in [0, 0.05) is 17.9 Å². The summed E-state index contributed by atoms with van der Waals surface area (Å²) in [6, 6.07) is 0. The number of unbranched alkanes of at least 4 members (excludes halogenated alkanes) is 3. The van der Waals surface area contributed by atoms with Gasteiger partial charge in [0.1, 0.15) is 0 Å². The molecule has 0 aliphatic rings. The van der Waals surface area contributed by atoms with Crippen LogP contribution in [-0.4, -0.2) is 17.9 Å². The second-order valence-electron chi connectivity index (χ2n) is 7.70. The van der Waals surface area contributed by atoms with Crippen LogP contribution in [-0.2, 0) is 36.1 Å². The van der Waals surface area contributed by atoms with E-state index < -0.39 is 17.9 Å². The number of rotatable bonds is 15. The Kier molecular flexibility index (Phi) is 32.8. The fourth-order valence-electron chi connectivity index (χ4n) is 2.82. The van der Waals surface area contributed by atoms with E-state index in [4.69, 9.17) is 0 Å². The van der Waals surface area contributed by atoms with Gasteiger partial charge in [-0.15, -0.1) is 0 Å². The first-order chi connectivity index (χ1) is 14.2. The van der Waals surface area contributed by atoms with Gasteiger partial charge < -0.3 is 29.7 Å². The van der Waals surface area contributed by atoms with Crippen molar-refractivity contribution in [2.45, 2.75) is 119 Å². The fourth-order valence-corrected chi connectivity index (χ4v) is 2.82. The van der Waals surface area contributed by atoms with Gasteiger partial charge >= 0.3 is 21.7 Å². The van der Waals surface area contributed by atoms with Crippen LogP contribution >= 0.6 is 0 Å². The van der Waals surface area contributed by atoms with Crippen LogP contribution in [0.5, 0.6) is 0 Å². The summed E-state index contributed by atoms with van der Waals surface area (Å²) in [5, 5.41) is 31.0. The molecule has 3 atom stereocenters. The predicted molar refractivity (Wildman–Crippen MR) is 115 cm³/mol. The van der Waals surface area contributed by atoms with Crippen LogP contribution in [0.4, 0.5) is 0 Å².